The maximum Gasteiger partial charge on any atom is 0.338 e. The first-order valence-electron chi connectivity index (χ1n) is 5.17. The van der Waals surface area contributed by atoms with Gasteiger partial charge in [-0.15, -0.1) is 0 Å². The van der Waals surface area contributed by atoms with Gasteiger partial charge in [0.15, 0.2) is 0 Å². The van der Waals surface area contributed by atoms with Crippen LogP contribution in [-0.4, -0.2) is 33.3 Å². The van der Waals surface area contributed by atoms with E-state index in [0.29, 0.717) is 12.5 Å². The van der Waals surface area contributed by atoms with Crippen molar-refractivity contribution < 1.29 is 14.7 Å². The number of aromatic carboxylic acids is 1. The molecule has 1 saturated carbocycles. The van der Waals surface area contributed by atoms with Crippen molar-refractivity contribution in [2.75, 3.05) is 6.54 Å². The summed E-state index contributed by atoms with van der Waals surface area (Å²) < 4.78 is 1.33. The minimum absolute atomic E-state index is 0.0694. The SMILES string of the molecule is O=C(Cn1cc(C(=O)O)cn1)NCC1CC1. The molecule has 1 amide bonds. The molecule has 0 spiro atoms. The number of hydrogen-bond acceptors (Lipinski definition) is 3. The number of carboxylic acid groups (broad SMARTS) is 1. The van der Waals surface area contributed by atoms with Crippen LogP contribution in [0.3, 0.4) is 0 Å². The average Bonchev–Trinajstić information content (AvgIpc) is 2.95. The van der Waals surface area contributed by atoms with Gasteiger partial charge in [-0.2, -0.15) is 5.10 Å². The first-order chi connectivity index (χ1) is 7.65. The number of carbonyl (C=O) groups excluding carboxylic acids is 1. The molecule has 6 heteroatoms. The van der Waals surface area contributed by atoms with E-state index >= 15 is 0 Å². The van der Waals surface area contributed by atoms with Crippen molar-refractivity contribution in [2.45, 2.75) is 19.4 Å². The molecule has 2 rings (SSSR count). The molecule has 0 atom stereocenters. The summed E-state index contributed by atoms with van der Waals surface area (Å²) in [5.41, 5.74) is 0.0926. The molecule has 0 unspecified atom stereocenters. The zero-order valence-corrected chi connectivity index (χ0v) is 8.72. The Hall–Kier alpha value is -1.85. The van der Waals surface area contributed by atoms with Crippen LogP contribution in [0.5, 0.6) is 0 Å². The molecule has 86 valence electrons. The van der Waals surface area contributed by atoms with Crippen molar-refractivity contribution in [1.29, 1.82) is 0 Å². The van der Waals surface area contributed by atoms with Crippen molar-refractivity contribution in [3.8, 4) is 0 Å². The second-order valence-corrected chi connectivity index (χ2v) is 3.98. The van der Waals surface area contributed by atoms with Crippen LogP contribution in [0.4, 0.5) is 0 Å². The van der Waals surface area contributed by atoms with Crippen molar-refractivity contribution in [3.05, 3.63) is 18.0 Å². The van der Waals surface area contributed by atoms with E-state index in [1.54, 1.807) is 0 Å². The van der Waals surface area contributed by atoms with Crippen LogP contribution >= 0.6 is 0 Å². The third kappa shape index (κ3) is 2.82. The minimum Gasteiger partial charge on any atom is -0.478 e. The predicted molar refractivity (Wildman–Crippen MR) is 54.9 cm³/mol. The number of rotatable bonds is 5. The zero-order valence-electron chi connectivity index (χ0n) is 8.72. The highest BCUT2D eigenvalue weighted by atomic mass is 16.4. The summed E-state index contributed by atoms with van der Waals surface area (Å²) in [6, 6.07) is 0. The highest BCUT2D eigenvalue weighted by Gasteiger charge is 2.21. The molecule has 16 heavy (non-hydrogen) atoms. The molecule has 0 aromatic carbocycles. The summed E-state index contributed by atoms with van der Waals surface area (Å²) >= 11 is 0. The Morgan fingerprint density at radius 2 is 2.31 bits per heavy atom. The van der Waals surface area contributed by atoms with E-state index in [9.17, 15) is 9.59 Å². The summed E-state index contributed by atoms with van der Waals surface area (Å²) in [7, 11) is 0. The molecule has 1 aromatic heterocycles. The quantitative estimate of drug-likeness (QED) is 0.741. The highest BCUT2D eigenvalue weighted by molar-refractivity contribution is 5.87. The number of amides is 1. The summed E-state index contributed by atoms with van der Waals surface area (Å²) in [6.45, 7) is 0.784. The second-order valence-electron chi connectivity index (χ2n) is 3.98. The maximum absolute atomic E-state index is 11.4. The Morgan fingerprint density at radius 3 is 2.88 bits per heavy atom. The van der Waals surface area contributed by atoms with E-state index in [2.05, 4.69) is 10.4 Å². The molecule has 6 nitrogen and oxygen atoms in total. The van der Waals surface area contributed by atoms with Gasteiger partial charge in [0.2, 0.25) is 5.91 Å². The molecule has 0 aliphatic heterocycles. The Balaban J connectivity index is 1.82. The number of nitrogens with zero attached hydrogens (tertiary/aromatic N) is 2. The molecule has 2 N–H and O–H groups in total. The van der Waals surface area contributed by atoms with Crippen LogP contribution in [0.25, 0.3) is 0 Å². The van der Waals surface area contributed by atoms with E-state index in [4.69, 9.17) is 5.11 Å². The van der Waals surface area contributed by atoms with Crippen molar-refractivity contribution in [1.82, 2.24) is 15.1 Å². The van der Waals surface area contributed by atoms with E-state index in [1.165, 1.54) is 29.9 Å². The number of aromatic nitrogens is 2. The summed E-state index contributed by atoms with van der Waals surface area (Å²) in [5, 5.41) is 15.2. The minimum atomic E-state index is -1.04. The molecular weight excluding hydrogens is 210 g/mol. The number of carbonyl (C=O) groups is 2. The summed E-state index contributed by atoms with van der Waals surface area (Å²) in [6.07, 6.45) is 4.95. The fourth-order valence-corrected chi connectivity index (χ4v) is 1.34. The van der Waals surface area contributed by atoms with Gasteiger partial charge in [0.1, 0.15) is 6.54 Å². The molecule has 1 aliphatic carbocycles. The third-order valence-corrected chi connectivity index (χ3v) is 2.47. The Bertz CT molecular complexity index is 409. The van der Waals surface area contributed by atoms with Gasteiger partial charge in [-0.3, -0.25) is 9.48 Å². The fourth-order valence-electron chi connectivity index (χ4n) is 1.34. The lowest BCUT2D eigenvalue weighted by atomic mass is 10.4. The average molecular weight is 223 g/mol. The van der Waals surface area contributed by atoms with Crippen LogP contribution in [0, 0.1) is 5.92 Å². The van der Waals surface area contributed by atoms with Gasteiger partial charge in [-0.1, -0.05) is 0 Å². The van der Waals surface area contributed by atoms with Gasteiger partial charge in [-0.05, 0) is 18.8 Å². The molecule has 1 heterocycles. The van der Waals surface area contributed by atoms with Crippen molar-refractivity contribution >= 4 is 11.9 Å². The topological polar surface area (TPSA) is 84.2 Å². The van der Waals surface area contributed by atoms with Gasteiger partial charge in [0.05, 0.1) is 11.8 Å². The molecule has 0 saturated heterocycles. The lowest BCUT2D eigenvalue weighted by Gasteiger charge is -2.03. The van der Waals surface area contributed by atoms with Crippen LogP contribution in [0.1, 0.15) is 23.2 Å². The van der Waals surface area contributed by atoms with Crippen LogP contribution in [0.15, 0.2) is 12.4 Å². The van der Waals surface area contributed by atoms with Gasteiger partial charge in [0, 0.05) is 12.7 Å². The lowest BCUT2D eigenvalue weighted by molar-refractivity contribution is -0.121. The maximum atomic E-state index is 11.4. The standard InChI is InChI=1S/C10H13N3O3/c14-9(11-3-7-1-2-7)6-13-5-8(4-12-13)10(15)16/h4-5,7H,1-3,6H2,(H,11,14)(H,15,16). The first-order valence-corrected chi connectivity index (χ1v) is 5.17. The van der Waals surface area contributed by atoms with E-state index in [1.807, 2.05) is 0 Å². The zero-order chi connectivity index (χ0) is 11.5. The molecular formula is C10H13N3O3. The van der Waals surface area contributed by atoms with Crippen LogP contribution in [-0.2, 0) is 11.3 Å². The van der Waals surface area contributed by atoms with Crippen LogP contribution < -0.4 is 5.32 Å². The van der Waals surface area contributed by atoms with Crippen molar-refractivity contribution in [2.24, 2.45) is 5.92 Å². The monoisotopic (exact) mass is 223 g/mol. The van der Waals surface area contributed by atoms with E-state index in [-0.39, 0.29) is 18.0 Å². The van der Waals surface area contributed by atoms with Gasteiger partial charge >= 0.3 is 5.97 Å². The molecule has 1 aliphatic rings. The Morgan fingerprint density at radius 1 is 1.56 bits per heavy atom. The first kappa shape index (κ1) is 10.7. The van der Waals surface area contributed by atoms with Gasteiger partial charge in [-0.25, -0.2) is 4.79 Å². The normalized spacial score (nSPS) is 14.8. The van der Waals surface area contributed by atoms with Crippen LogP contribution in [0.2, 0.25) is 0 Å². The molecule has 1 fully saturated rings. The van der Waals surface area contributed by atoms with E-state index < -0.39 is 5.97 Å². The molecule has 1 aromatic rings. The fraction of sp³-hybridized carbons (Fsp3) is 0.500. The third-order valence-electron chi connectivity index (χ3n) is 2.47. The number of hydrogen-bond donors (Lipinski definition) is 2. The second kappa shape index (κ2) is 4.34. The predicted octanol–water partition coefficient (Wildman–Crippen LogP) is 0.107. The Kier molecular flexibility index (Phi) is 2.89. The summed E-state index contributed by atoms with van der Waals surface area (Å²) in [4.78, 5) is 22.0. The molecule has 0 bridgehead atoms. The van der Waals surface area contributed by atoms with E-state index in [0.717, 1.165) is 0 Å². The molecule has 0 radical (unpaired) electrons. The number of carboxylic acids is 1. The Labute approximate surface area is 92.3 Å². The van der Waals surface area contributed by atoms with Gasteiger partial charge < -0.3 is 10.4 Å². The highest BCUT2D eigenvalue weighted by Crippen LogP contribution is 2.27. The lowest BCUT2D eigenvalue weighted by Crippen LogP contribution is -2.29. The summed E-state index contributed by atoms with van der Waals surface area (Å²) in [5.74, 6) is -0.535. The largest absolute Gasteiger partial charge is 0.478 e. The smallest absolute Gasteiger partial charge is 0.338 e. The van der Waals surface area contributed by atoms with Gasteiger partial charge in [0.25, 0.3) is 0 Å². The number of nitrogens with one attached hydrogen (secondary N) is 1. The van der Waals surface area contributed by atoms with Crippen molar-refractivity contribution in [3.63, 3.8) is 0 Å².